The molecule has 1 aliphatic carbocycles. The van der Waals surface area contributed by atoms with Crippen molar-refractivity contribution in [1.29, 1.82) is 0 Å². The molecule has 3 aromatic rings. The van der Waals surface area contributed by atoms with Gasteiger partial charge in [-0.3, -0.25) is 4.98 Å². The van der Waals surface area contributed by atoms with E-state index < -0.39 is 0 Å². The Morgan fingerprint density at radius 2 is 1.86 bits per heavy atom. The summed E-state index contributed by atoms with van der Waals surface area (Å²) in [4.78, 5) is 9.54. The highest BCUT2D eigenvalue weighted by atomic mass is 15.1. The molecule has 0 aliphatic heterocycles. The average Bonchev–Trinajstić information content (AvgIpc) is 2.83. The van der Waals surface area contributed by atoms with Gasteiger partial charge in [0.25, 0.3) is 0 Å². The molecule has 0 radical (unpaired) electrons. The summed E-state index contributed by atoms with van der Waals surface area (Å²) in [6.07, 6.45) is 4.85. The number of fused-ring (bicyclic) bond motifs is 2. The third kappa shape index (κ3) is 2.23. The Kier molecular flexibility index (Phi) is 2.99. The molecule has 0 fully saturated rings. The molecule has 0 bridgehead atoms. The van der Waals surface area contributed by atoms with Crippen LogP contribution in [0.1, 0.15) is 35.7 Å². The van der Waals surface area contributed by atoms with Crippen molar-refractivity contribution in [3.63, 3.8) is 0 Å². The summed E-state index contributed by atoms with van der Waals surface area (Å²) in [5, 5.41) is 1.20. The van der Waals surface area contributed by atoms with Crippen LogP contribution in [0.2, 0.25) is 0 Å². The van der Waals surface area contributed by atoms with Crippen LogP contribution < -0.4 is 0 Å². The zero-order chi connectivity index (χ0) is 14.2. The minimum atomic E-state index is 0.832. The van der Waals surface area contributed by atoms with E-state index in [-0.39, 0.29) is 0 Å². The van der Waals surface area contributed by atoms with E-state index in [1.165, 1.54) is 29.6 Å². The van der Waals surface area contributed by atoms with E-state index in [9.17, 15) is 0 Å². The molecule has 0 atom stereocenters. The fraction of sp³-hybridized carbons (Fsp3) is 0.333. The van der Waals surface area contributed by atoms with Crippen LogP contribution in [-0.4, -0.2) is 14.5 Å². The molecule has 2 aromatic heterocycles. The Morgan fingerprint density at radius 1 is 1.00 bits per heavy atom. The monoisotopic (exact) mass is 277 g/mol. The number of aromatic nitrogens is 3. The van der Waals surface area contributed by atoms with Gasteiger partial charge in [0.05, 0.1) is 23.4 Å². The number of pyridine rings is 1. The number of aryl methyl sites for hydroxylation is 2. The topological polar surface area (TPSA) is 30.7 Å². The van der Waals surface area contributed by atoms with Crippen molar-refractivity contribution in [1.82, 2.24) is 14.5 Å². The smallest absolute Gasteiger partial charge is 0.106 e. The zero-order valence-electron chi connectivity index (χ0n) is 12.3. The van der Waals surface area contributed by atoms with E-state index in [1.54, 1.807) is 0 Å². The molecule has 0 saturated heterocycles. The van der Waals surface area contributed by atoms with Crippen molar-refractivity contribution >= 4 is 10.9 Å². The van der Waals surface area contributed by atoms with Crippen LogP contribution in [0.15, 0.2) is 36.4 Å². The molecule has 1 aliphatic rings. The molecule has 2 heterocycles. The van der Waals surface area contributed by atoms with Gasteiger partial charge < -0.3 is 4.57 Å². The Bertz CT molecular complexity index is 801. The van der Waals surface area contributed by atoms with Gasteiger partial charge in [0, 0.05) is 11.1 Å². The van der Waals surface area contributed by atoms with Crippen molar-refractivity contribution in [2.75, 3.05) is 0 Å². The lowest BCUT2D eigenvalue weighted by molar-refractivity contribution is 0.621. The first-order chi connectivity index (χ1) is 10.3. The Morgan fingerprint density at radius 3 is 2.81 bits per heavy atom. The molecule has 1 aromatic carbocycles. The van der Waals surface area contributed by atoms with E-state index in [0.717, 1.165) is 36.4 Å². The summed E-state index contributed by atoms with van der Waals surface area (Å²) >= 11 is 0. The summed E-state index contributed by atoms with van der Waals surface area (Å²) in [5.74, 6) is 1.12. The highest BCUT2D eigenvalue weighted by molar-refractivity contribution is 5.78. The first-order valence-electron chi connectivity index (χ1n) is 7.71. The summed E-state index contributed by atoms with van der Waals surface area (Å²) in [5.41, 5.74) is 4.91. The van der Waals surface area contributed by atoms with Crippen LogP contribution in [0.5, 0.6) is 0 Å². The van der Waals surface area contributed by atoms with E-state index in [2.05, 4.69) is 41.8 Å². The lowest BCUT2D eigenvalue weighted by Gasteiger charge is -2.14. The molecule has 21 heavy (non-hydrogen) atoms. The van der Waals surface area contributed by atoms with Crippen molar-refractivity contribution in [2.45, 2.75) is 39.2 Å². The van der Waals surface area contributed by atoms with Crippen LogP contribution in [0.3, 0.4) is 0 Å². The Labute approximate surface area is 124 Å². The Hall–Kier alpha value is -2.16. The molecule has 4 rings (SSSR count). The standard InChI is InChI=1S/C18H19N3/c1-13-19-17-8-4-5-9-18(17)21(13)12-15-11-10-14-6-2-3-7-16(14)20-15/h2-3,6-7,10-11H,4-5,8-9,12H2,1H3. The van der Waals surface area contributed by atoms with Gasteiger partial charge in [-0.15, -0.1) is 0 Å². The van der Waals surface area contributed by atoms with Gasteiger partial charge in [0.1, 0.15) is 5.82 Å². The van der Waals surface area contributed by atoms with Crippen molar-refractivity contribution in [2.24, 2.45) is 0 Å². The summed E-state index contributed by atoms with van der Waals surface area (Å²) in [7, 11) is 0. The quantitative estimate of drug-likeness (QED) is 0.715. The van der Waals surface area contributed by atoms with Crippen molar-refractivity contribution < 1.29 is 0 Å². The molecule has 3 heteroatoms. The highest BCUT2D eigenvalue weighted by Gasteiger charge is 2.18. The third-order valence-electron chi connectivity index (χ3n) is 4.40. The van der Waals surface area contributed by atoms with E-state index in [1.807, 2.05) is 6.07 Å². The first-order valence-corrected chi connectivity index (χ1v) is 7.71. The van der Waals surface area contributed by atoms with Crippen molar-refractivity contribution in [3.8, 4) is 0 Å². The normalized spacial score (nSPS) is 14.3. The van der Waals surface area contributed by atoms with Gasteiger partial charge in [0.2, 0.25) is 0 Å². The van der Waals surface area contributed by atoms with Gasteiger partial charge in [-0.05, 0) is 44.7 Å². The van der Waals surface area contributed by atoms with E-state index in [4.69, 9.17) is 9.97 Å². The predicted octanol–water partition coefficient (Wildman–Crippen LogP) is 3.67. The summed E-state index contributed by atoms with van der Waals surface area (Å²) < 4.78 is 2.35. The lowest BCUT2D eigenvalue weighted by atomic mass is 10.0. The van der Waals surface area contributed by atoms with Crippen LogP contribution in [0.4, 0.5) is 0 Å². The predicted molar refractivity (Wildman–Crippen MR) is 84.5 cm³/mol. The SMILES string of the molecule is Cc1nc2c(n1Cc1ccc3ccccc3n1)CCCC2. The molecule has 0 N–H and O–H groups in total. The van der Waals surface area contributed by atoms with Crippen molar-refractivity contribution in [3.05, 3.63) is 59.3 Å². The van der Waals surface area contributed by atoms with Gasteiger partial charge >= 0.3 is 0 Å². The van der Waals surface area contributed by atoms with Crippen LogP contribution >= 0.6 is 0 Å². The van der Waals surface area contributed by atoms with Gasteiger partial charge in [-0.25, -0.2) is 4.98 Å². The second kappa shape index (κ2) is 4.99. The molecule has 0 unspecified atom stereocenters. The average molecular weight is 277 g/mol. The fourth-order valence-electron chi connectivity index (χ4n) is 3.30. The molecule has 0 saturated carbocycles. The second-order valence-electron chi connectivity index (χ2n) is 5.84. The number of imidazole rings is 1. The lowest BCUT2D eigenvalue weighted by Crippen LogP contribution is -2.11. The number of benzene rings is 1. The van der Waals surface area contributed by atoms with Gasteiger partial charge in [-0.2, -0.15) is 0 Å². The maximum Gasteiger partial charge on any atom is 0.106 e. The summed E-state index contributed by atoms with van der Waals surface area (Å²) in [6, 6.07) is 12.6. The number of hydrogen-bond acceptors (Lipinski definition) is 2. The minimum absolute atomic E-state index is 0.832. The molecule has 0 spiro atoms. The van der Waals surface area contributed by atoms with Gasteiger partial charge in [-0.1, -0.05) is 24.3 Å². The molecule has 0 amide bonds. The highest BCUT2D eigenvalue weighted by Crippen LogP contribution is 2.23. The minimum Gasteiger partial charge on any atom is -0.326 e. The number of hydrogen-bond donors (Lipinski definition) is 0. The first kappa shape index (κ1) is 12.6. The number of para-hydroxylation sites is 1. The molecular formula is C18H19N3. The summed E-state index contributed by atoms with van der Waals surface area (Å²) in [6.45, 7) is 2.94. The van der Waals surface area contributed by atoms with Crippen LogP contribution in [-0.2, 0) is 19.4 Å². The van der Waals surface area contributed by atoms with Crippen LogP contribution in [0.25, 0.3) is 10.9 Å². The maximum atomic E-state index is 4.79. The largest absolute Gasteiger partial charge is 0.326 e. The van der Waals surface area contributed by atoms with Crippen LogP contribution in [0, 0.1) is 6.92 Å². The molecule has 106 valence electrons. The van der Waals surface area contributed by atoms with Gasteiger partial charge in [0.15, 0.2) is 0 Å². The van der Waals surface area contributed by atoms with E-state index >= 15 is 0 Å². The Balaban J connectivity index is 1.73. The van der Waals surface area contributed by atoms with E-state index in [0.29, 0.717) is 0 Å². The third-order valence-corrected chi connectivity index (χ3v) is 4.40. The second-order valence-corrected chi connectivity index (χ2v) is 5.84. The maximum absolute atomic E-state index is 4.79. The number of nitrogens with zero attached hydrogens (tertiary/aromatic N) is 3. The fourth-order valence-corrected chi connectivity index (χ4v) is 3.30. The zero-order valence-corrected chi connectivity index (χ0v) is 12.3. The molecular weight excluding hydrogens is 258 g/mol. The number of rotatable bonds is 2. The molecule has 3 nitrogen and oxygen atoms in total.